The molecule has 0 spiro atoms. The number of imide groups is 2. The molecule has 16 heteroatoms. The molecule has 1 saturated carbocycles. The largest absolute Gasteiger partial charge is 0.490 e. The van der Waals surface area contributed by atoms with Crippen LogP contribution >= 0.6 is 11.6 Å². The van der Waals surface area contributed by atoms with Gasteiger partial charge in [-0.2, -0.15) is 5.26 Å². The van der Waals surface area contributed by atoms with Gasteiger partial charge < -0.3 is 14.5 Å². The summed E-state index contributed by atoms with van der Waals surface area (Å²) >= 11 is 6.14. The molecule has 4 amide bonds. The molecule has 8 rings (SSSR count). The van der Waals surface area contributed by atoms with Gasteiger partial charge in [-0.1, -0.05) is 11.6 Å². The Morgan fingerprint density at radius 2 is 1.45 bits per heavy atom. The second kappa shape index (κ2) is 16.7. The number of amides is 4. The van der Waals surface area contributed by atoms with Crippen LogP contribution in [0.4, 0.5) is 11.4 Å². The first-order valence-electron chi connectivity index (χ1n) is 20.0. The number of nitrogens with zero attached hydrogens (tertiary/aromatic N) is 5. The SMILES string of the molecule is N#Cc1ccc(OC2CCC(NS(=O)(=O)c3ccc(N4CCN(CC5CCN(c6ccc7c(c6)C(=O)N(C6CCC(=O)NC6=O)C7=O)CC5)CC4)cc3)CC2)cc1Cl. The topological polar surface area (TPSA) is 172 Å². The third-order valence-corrected chi connectivity index (χ3v) is 14.0. The molecule has 4 aliphatic heterocycles. The van der Waals surface area contributed by atoms with Crippen molar-refractivity contribution in [2.75, 3.05) is 55.6 Å². The second-order valence-electron chi connectivity index (χ2n) is 15.9. The number of carbonyl (C=O) groups excluding carboxylic acids is 4. The van der Waals surface area contributed by atoms with E-state index < -0.39 is 39.7 Å². The number of rotatable bonds is 10. The summed E-state index contributed by atoms with van der Waals surface area (Å²) < 4.78 is 35.5. The molecule has 4 heterocycles. The van der Waals surface area contributed by atoms with Crippen LogP contribution in [0.5, 0.6) is 5.75 Å². The van der Waals surface area contributed by atoms with Crippen molar-refractivity contribution in [2.24, 2.45) is 5.92 Å². The van der Waals surface area contributed by atoms with Gasteiger partial charge in [0.2, 0.25) is 21.8 Å². The van der Waals surface area contributed by atoms with E-state index in [0.29, 0.717) is 53.5 Å². The maximum absolute atomic E-state index is 13.3. The predicted molar refractivity (Wildman–Crippen MR) is 216 cm³/mol. The van der Waals surface area contributed by atoms with Crippen molar-refractivity contribution in [2.45, 2.75) is 74.4 Å². The van der Waals surface area contributed by atoms with Crippen molar-refractivity contribution in [1.82, 2.24) is 19.8 Å². The summed E-state index contributed by atoms with van der Waals surface area (Å²) in [6.45, 7) is 6.19. The van der Waals surface area contributed by atoms with Gasteiger partial charge in [0.15, 0.2) is 0 Å². The van der Waals surface area contributed by atoms with E-state index in [1.807, 2.05) is 24.3 Å². The molecule has 58 heavy (non-hydrogen) atoms. The molecule has 1 unspecified atom stereocenters. The van der Waals surface area contributed by atoms with Gasteiger partial charge in [-0.25, -0.2) is 13.1 Å². The predicted octanol–water partition coefficient (Wildman–Crippen LogP) is 4.32. The number of hydrogen-bond acceptors (Lipinski definition) is 11. The molecule has 4 fully saturated rings. The number of hydrogen-bond donors (Lipinski definition) is 2. The number of ether oxygens (including phenoxy) is 1. The lowest BCUT2D eigenvalue weighted by molar-refractivity contribution is -0.136. The molecule has 2 N–H and O–H groups in total. The molecule has 1 aliphatic carbocycles. The summed E-state index contributed by atoms with van der Waals surface area (Å²) in [6, 6.07) is 18.4. The number of piperidine rings is 2. The van der Waals surface area contributed by atoms with Gasteiger partial charge >= 0.3 is 0 Å². The Morgan fingerprint density at radius 3 is 2.12 bits per heavy atom. The lowest BCUT2D eigenvalue weighted by Crippen LogP contribution is -2.54. The van der Waals surface area contributed by atoms with Gasteiger partial charge in [0.1, 0.15) is 17.9 Å². The summed E-state index contributed by atoms with van der Waals surface area (Å²) in [5.41, 5.74) is 2.87. The lowest BCUT2D eigenvalue weighted by atomic mass is 9.93. The Kier molecular flexibility index (Phi) is 11.5. The molecule has 3 saturated heterocycles. The van der Waals surface area contributed by atoms with Gasteiger partial charge in [-0.05, 0) is 105 Å². The fourth-order valence-corrected chi connectivity index (χ4v) is 10.4. The minimum atomic E-state index is -3.68. The smallest absolute Gasteiger partial charge is 0.262 e. The van der Waals surface area contributed by atoms with E-state index in [0.717, 1.165) is 74.9 Å². The highest BCUT2D eigenvalue weighted by Gasteiger charge is 2.45. The highest BCUT2D eigenvalue weighted by atomic mass is 35.5. The monoisotopic (exact) mass is 827 g/mol. The summed E-state index contributed by atoms with van der Waals surface area (Å²) in [5.74, 6) is -0.866. The number of piperazine rings is 1. The van der Waals surface area contributed by atoms with E-state index in [-0.39, 0.29) is 35.4 Å². The molecule has 0 bridgehead atoms. The number of carbonyl (C=O) groups is 4. The van der Waals surface area contributed by atoms with E-state index in [1.54, 1.807) is 42.5 Å². The first-order chi connectivity index (χ1) is 27.9. The maximum Gasteiger partial charge on any atom is 0.262 e. The molecule has 304 valence electrons. The van der Waals surface area contributed by atoms with Crippen molar-refractivity contribution in [1.29, 1.82) is 5.26 Å². The second-order valence-corrected chi connectivity index (χ2v) is 18.0. The van der Waals surface area contributed by atoms with Crippen LogP contribution in [-0.2, 0) is 19.6 Å². The quantitative estimate of drug-likeness (QED) is 0.279. The van der Waals surface area contributed by atoms with Crippen LogP contribution < -0.4 is 24.6 Å². The number of sulfonamides is 1. The van der Waals surface area contributed by atoms with Crippen LogP contribution in [0.1, 0.15) is 77.6 Å². The zero-order valence-corrected chi connectivity index (χ0v) is 33.6. The van der Waals surface area contributed by atoms with Crippen LogP contribution in [0.25, 0.3) is 0 Å². The number of nitriles is 1. The van der Waals surface area contributed by atoms with Gasteiger partial charge in [0.25, 0.3) is 11.8 Å². The van der Waals surface area contributed by atoms with Crippen molar-refractivity contribution in [3.05, 3.63) is 82.4 Å². The summed E-state index contributed by atoms with van der Waals surface area (Å²) in [6.07, 6.45) is 4.88. The van der Waals surface area contributed by atoms with Gasteiger partial charge in [0.05, 0.1) is 32.7 Å². The maximum atomic E-state index is 13.3. The summed E-state index contributed by atoms with van der Waals surface area (Å²) in [4.78, 5) is 58.8. The molecule has 14 nitrogen and oxygen atoms in total. The molecule has 0 aromatic heterocycles. The average molecular weight is 828 g/mol. The number of anilines is 2. The number of nitrogens with one attached hydrogen (secondary N) is 2. The Balaban J connectivity index is 0.766. The van der Waals surface area contributed by atoms with E-state index >= 15 is 0 Å². The van der Waals surface area contributed by atoms with Crippen molar-refractivity contribution >= 4 is 56.6 Å². The Morgan fingerprint density at radius 1 is 0.776 bits per heavy atom. The van der Waals surface area contributed by atoms with Crippen LogP contribution in [-0.4, -0.2) is 106 Å². The standard InChI is InChI=1S/C42H46ClN7O7S/c43-37-24-33(7-1-28(37)25-44)57-32-8-2-29(3-9-32)46-58(55,56)34-10-4-30(5-11-34)49-21-19-47(20-22-49)26-27-15-17-48(18-16-27)31-6-12-35-36(23-31)42(54)50(41(35)53)38-13-14-39(51)45-40(38)52/h1,4-7,10-12,23-24,27,29,32,38,46H,2-3,8-9,13-22,26H2,(H,45,51,52). The average Bonchev–Trinajstić information content (AvgIpc) is 3.47. The minimum absolute atomic E-state index is 0.0493. The van der Waals surface area contributed by atoms with Crippen LogP contribution in [0.15, 0.2) is 65.6 Å². The molecule has 3 aromatic carbocycles. The Bertz CT molecular complexity index is 2240. The third kappa shape index (κ3) is 8.42. The van der Waals surface area contributed by atoms with Gasteiger partial charge in [-0.3, -0.25) is 34.3 Å². The van der Waals surface area contributed by atoms with E-state index in [1.165, 1.54) is 0 Å². The first kappa shape index (κ1) is 39.8. The van der Waals surface area contributed by atoms with Crippen LogP contribution in [0.3, 0.4) is 0 Å². The van der Waals surface area contributed by atoms with Crippen molar-refractivity contribution in [3.63, 3.8) is 0 Å². The number of fused-ring (bicyclic) bond motifs is 1. The van der Waals surface area contributed by atoms with Crippen molar-refractivity contribution < 1.29 is 32.3 Å². The third-order valence-electron chi connectivity index (χ3n) is 12.2. The zero-order chi connectivity index (χ0) is 40.6. The lowest BCUT2D eigenvalue weighted by Gasteiger charge is -2.40. The first-order valence-corrected chi connectivity index (χ1v) is 21.9. The fourth-order valence-electron chi connectivity index (χ4n) is 8.86. The van der Waals surface area contributed by atoms with E-state index in [9.17, 15) is 27.6 Å². The molecule has 5 aliphatic rings. The van der Waals surface area contributed by atoms with Gasteiger partial charge in [-0.15, -0.1) is 0 Å². The van der Waals surface area contributed by atoms with Crippen LogP contribution in [0.2, 0.25) is 5.02 Å². The molecule has 3 aromatic rings. The van der Waals surface area contributed by atoms with Crippen molar-refractivity contribution in [3.8, 4) is 11.8 Å². The molecular weight excluding hydrogens is 782 g/mol. The highest BCUT2D eigenvalue weighted by molar-refractivity contribution is 7.89. The fraction of sp³-hybridized carbons (Fsp3) is 0.452. The summed E-state index contributed by atoms with van der Waals surface area (Å²) in [7, 11) is -3.68. The van der Waals surface area contributed by atoms with Crippen LogP contribution in [0, 0.1) is 17.2 Å². The minimum Gasteiger partial charge on any atom is -0.490 e. The van der Waals surface area contributed by atoms with Gasteiger partial charge in [0, 0.05) is 75.7 Å². The Labute approximate surface area is 343 Å². The highest BCUT2D eigenvalue weighted by Crippen LogP contribution is 2.33. The van der Waals surface area contributed by atoms with E-state index in [4.69, 9.17) is 21.6 Å². The molecule has 0 radical (unpaired) electrons. The molecule has 1 atom stereocenters. The Hall–Kier alpha value is -5.01. The normalized spacial score (nSPS) is 23.4. The van der Waals surface area contributed by atoms with E-state index in [2.05, 4.69) is 24.7 Å². The number of benzene rings is 3. The number of halogens is 1. The summed E-state index contributed by atoms with van der Waals surface area (Å²) in [5, 5.41) is 11.7. The molecular formula is C42H46ClN7O7S. The zero-order valence-electron chi connectivity index (χ0n) is 32.1.